The van der Waals surface area contributed by atoms with E-state index in [0.29, 0.717) is 12.3 Å². The topological polar surface area (TPSA) is 45.4 Å². The van der Waals surface area contributed by atoms with E-state index in [4.69, 9.17) is 4.42 Å². The van der Waals surface area contributed by atoms with Crippen LogP contribution in [-0.4, -0.2) is 11.7 Å². The normalized spacial score (nSPS) is 12.4. The highest BCUT2D eigenvalue weighted by atomic mass is 16.4. The zero-order valence-corrected chi connectivity index (χ0v) is 10.1. The molecule has 1 unspecified atom stereocenters. The fourth-order valence-corrected chi connectivity index (χ4v) is 1.87. The Bertz CT molecular complexity index is 457. The second kappa shape index (κ2) is 5.06. The molecule has 1 aromatic carbocycles. The predicted octanol–water partition coefficient (Wildman–Crippen LogP) is 3.04. The Labute approximate surface area is 101 Å². The molecule has 2 rings (SSSR count). The lowest BCUT2D eigenvalue weighted by Crippen LogP contribution is -2.11. The Morgan fingerprint density at radius 3 is 2.53 bits per heavy atom. The van der Waals surface area contributed by atoms with Crippen LogP contribution in [0.1, 0.15) is 23.0 Å². The molecule has 2 N–H and O–H groups in total. The monoisotopic (exact) mass is 231 g/mol. The highest BCUT2D eigenvalue weighted by Crippen LogP contribution is 2.17. The first-order valence-electron chi connectivity index (χ1n) is 5.69. The van der Waals surface area contributed by atoms with Gasteiger partial charge in [0, 0.05) is 12.2 Å². The molecule has 0 fully saturated rings. The van der Waals surface area contributed by atoms with E-state index in [9.17, 15) is 5.11 Å². The van der Waals surface area contributed by atoms with Gasteiger partial charge >= 0.3 is 0 Å². The molecule has 0 aliphatic heterocycles. The van der Waals surface area contributed by atoms with Gasteiger partial charge < -0.3 is 14.8 Å². The third-order valence-electron chi connectivity index (χ3n) is 2.59. The maximum atomic E-state index is 9.85. The van der Waals surface area contributed by atoms with Crippen LogP contribution in [0.4, 0.5) is 5.69 Å². The number of aliphatic hydroxyl groups is 1. The average molecular weight is 231 g/mol. The van der Waals surface area contributed by atoms with Crippen molar-refractivity contribution >= 4 is 5.69 Å². The van der Waals surface area contributed by atoms with E-state index in [2.05, 4.69) is 37.4 Å². The Kier molecular flexibility index (Phi) is 3.49. The van der Waals surface area contributed by atoms with E-state index in [1.54, 1.807) is 18.4 Å². The lowest BCUT2D eigenvalue weighted by molar-refractivity contribution is 0.162. The van der Waals surface area contributed by atoms with Gasteiger partial charge in [0.2, 0.25) is 0 Å². The maximum absolute atomic E-state index is 9.85. The summed E-state index contributed by atoms with van der Waals surface area (Å²) in [6, 6.07) is 9.78. The van der Waals surface area contributed by atoms with Crippen molar-refractivity contribution in [2.75, 3.05) is 11.9 Å². The van der Waals surface area contributed by atoms with Crippen molar-refractivity contribution in [2.45, 2.75) is 20.0 Å². The van der Waals surface area contributed by atoms with Gasteiger partial charge in [-0.1, -0.05) is 6.07 Å². The van der Waals surface area contributed by atoms with E-state index in [0.717, 1.165) is 5.69 Å². The van der Waals surface area contributed by atoms with Crippen molar-refractivity contribution in [3.63, 3.8) is 0 Å². The smallest absolute Gasteiger partial charge is 0.134 e. The first-order chi connectivity index (χ1) is 8.15. The highest BCUT2D eigenvalue weighted by molar-refractivity contribution is 5.48. The van der Waals surface area contributed by atoms with Crippen molar-refractivity contribution in [3.05, 3.63) is 53.5 Å². The number of furan rings is 1. The summed E-state index contributed by atoms with van der Waals surface area (Å²) >= 11 is 0. The zero-order valence-electron chi connectivity index (χ0n) is 10.1. The fraction of sp³-hybridized carbons (Fsp3) is 0.286. The molecule has 0 aliphatic rings. The molecule has 0 amide bonds. The van der Waals surface area contributed by atoms with E-state index in [1.165, 1.54) is 11.1 Å². The van der Waals surface area contributed by atoms with Crippen LogP contribution < -0.4 is 5.32 Å². The number of aryl methyl sites for hydroxylation is 2. The molecule has 3 nitrogen and oxygen atoms in total. The summed E-state index contributed by atoms with van der Waals surface area (Å²) in [6.45, 7) is 4.55. The number of hydrogen-bond donors (Lipinski definition) is 2. The van der Waals surface area contributed by atoms with Crippen LogP contribution in [0.5, 0.6) is 0 Å². The van der Waals surface area contributed by atoms with Crippen molar-refractivity contribution in [2.24, 2.45) is 0 Å². The van der Waals surface area contributed by atoms with Crippen molar-refractivity contribution in [3.8, 4) is 0 Å². The molecule has 0 bridgehead atoms. The lowest BCUT2D eigenvalue weighted by atomic mass is 10.1. The number of hydrogen-bond acceptors (Lipinski definition) is 3. The molecular weight excluding hydrogens is 214 g/mol. The van der Waals surface area contributed by atoms with Crippen LogP contribution in [-0.2, 0) is 0 Å². The molecule has 0 saturated carbocycles. The standard InChI is InChI=1S/C14H17NO2/c1-10-6-11(2)8-12(7-10)15-9-13(16)14-4-3-5-17-14/h3-8,13,15-16H,9H2,1-2H3. The number of anilines is 1. The van der Waals surface area contributed by atoms with E-state index < -0.39 is 6.10 Å². The van der Waals surface area contributed by atoms with Gasteiger partial charge in [-0.25, -0.2) is 0 Å². The Morgan fingerprint density at radius 1 is 1.24 bits per heavy atom. The van der Waals surface area contributed by atoms with Gasteiger partial charge in [0.1, 0.15) is 11.9 Å². The number of aliphatic hydroxyl groups excluding tert-OH is 1. The molecule has 3 heteroatoms. The van der Waals surface area contributed by atoms with Crippen LogP contribution >= 0.6 is 0 Å². The number of rotatable bonds is 4. The molecule has 1 atom stereocenters. The largest absolute Gasteiger partial charge is 0.467 e. The second-order valence-electron chi connectivity index (χ2n) is 4.29. The molecular formula is C14H17NO2. The van der Waals surface area contributed by atoms with Crippen LogP contribution in [0.3, 0.4) is 0 Å². The third kappa shape index (κ3) is 3.11. The fourth-order valence-electron chi connectivity index (χ4n) is 1.87. The van der Waals surface area contributed by atoms with Crippen LogP contribution in [0, 0.1) is 13.8 Å². The van der Waals surface area contributed by atoms with Gasteiger partial charge in [-0.2, -0.15) is 0 Å². The van der Waals surface area contributed by atoms with Crippen LogP contribution in [0.15, 0.2) is 41.0 Å². The van der Waals surface area contributed by atoms with Gasteiger partial charge in [-0.15, -0.1) is 0 Å². The van der Waals surface area contributed by atoms with Gasteiger partial charge in [-0.3, -0.25) is 0 Å². The molecule has 0 radical (unpaired) electrons. The maximum Gasteiger partial charge on any atom is 0.134 e. The second-order valence-corrected chi connectivity index (χ2v) is 4.29. The molecule has 0 spiro atoms. The minimum absolute atomic E-state index is 0.441. The molecule has 0 aliphatic carbocycles. The SMILES string of the molecule is Cc1cc(C)cc(NCC(O)c2ccco2)c1. The molecule has 17 heavy (non-hydrogen) atoms. The van der Waals surface area contributed by atoms with Gasteiger partial charge in [0.25, 0.3) is 0 Å². The summed E-state index contributed by atoms with van der Waals surface area (Å²) in [7, 11) is 0. The van der Waals surface area contributed by atoms with Crippen LogP contribution in [0.2, 0.25) is 0 Å². The summed E-state index contributed by atoms with van der Waals surface area (Å²) in [5.41, 5.74) is 3.44. The van der Waals surface area contributed by atoms with Crippen molar-refractivity contribution < 1.29 is 9.52 Å². The first kappa shape index (κ1) is 11.7. The Hall–Kier alpha value is -1.74. The summed E-state index contributed by atoms with van der Waals surface area (Å²) in [5, 5.41) is 13.1. The van der Waals surface area contributed by atoms with Crippen molar-refractivity contribution in [1.29, 1.82) is 0 Å². The van der Waals surface area contributed by atoms with Gasteiger partial charge in [-0.05, 0) is 49.2 Å². The zero-order chi connectivity index (χ0) is 12.3. The van der Waals surface area contributed by atoms with Crippen molar-refractivity contribution in [1.82, 2.24) is 0 Å². The Balaban J connectivity index is 1.98. The highest BCUT2D eigenvalue weighted by Gasteiger charge is 2.09. The minimum Gasteiger partial charge on any atom is -0.467 e. The summed E-state index contributed by atoms with van der Waals surface area (Å²) < 4.78 is 5.14. The predicted molar refractivity (Wildman–Crippen MR) is 68.1 cm³/mol. The molecule has 90 valence electrons. The Morgan fingerprint density at radius 2 is 1.94 bits per heavy atom. The third-order valence-corrected chi connectivity index (χ3v) is 2.59. The average Bonchev–Trinajstić information content (AvgIpc) is 2.78. The molecule has 0 saturated heterocycles. The van der Waals surface area contributed by atoms with Gasteiger partial charge in [0.05, 0.1) is 6.26 Å². The van der Waals surface area contributed by atoms with E-state index >= 15 is 0 Å². The number of nitrogens with one attached hydrogen (secondary N) is 1. The molecule has 1 aromatic heterocycles. The van der Waals surface area contributed by atoms with E-state index in [-0.39, 0.29) is 0 Å². The summed E-state index contributed by atoms with van der Waals surface area (Å²) in [6.07, 6.45) is 0.945. The first-order valence-corrected chi connectivity index (χ1v) is 5.69. The quantitative estimate of drug-likeness (QED) is 0.850. The summed E-state index contributed by atoms with van der Waals surface area (Å²) in [4.78, 5) is 0. The summed E-state index contributed by atoms with van der Waals surface area (Å²) in [5.74, 6) is 0.585. The van der Waals surface area contributed by atoms with Gasteiger partial charge in [0.15, 0.2) is 0 Å². The van der Waals surface area contributed by atoms with Crippen LogP contribution in [0.25, 0.3) is 0 Å². The minimum atomic E-state index is -0.620. The lowest BCUT2D eigenvalue weighted by Gasteiger charge is -2.12. The number of benzene rings is 1. The molecule has 1 heterocycles. The van der Waals surface area contributed by atoms with E-state index in [1.807, 2.05) is 0 Å². The molecule has 2 aromatic rings.